The Kier molecular flexibility index (Phi) is 3.37. The molecule has 0 unspecified atom stereocenters. The molecule has 0 aliphatic heterocycles. The van der Waals surface area contributed by atoms with Gasteiger partial charge in [-0.15, -0.1) is 0 Å². The van der Waals surface area contributed by atoms with Crippen LogP contribution in [0.3, 0.4) is 0 Å². The number of hydrogen-bond acceptors (Lipinski definition) is 1. The number of hydrogen-bond donors (Lipinski definition) is 1. The molecule has 17 heavy (non-hydrogen) atoms. The van der Waals surface area contributed by atoms with Crippen LogP contribution in [0.2, 0.25) is 0 Å². The molecule has 0 radical (unpaired) electrons. The summed E-state index contributed by atoms with van der Waals surface area (Å²) in [4.78, 5) is 0. The maximum atomic E-state index is 13.2. The molecule has 2 N–H and O–H groups in total. The summed E-state index contributed by atoms with van der Waals surface area (Å²) in [6, 6.07) is 0.765. The summed E-state index contributed by atoms with van der Waals surface area (Å²) in [5.41, 5.74) is 0.288. The molecule has 0 aromatic heterocycles. The van der Waals surface area contributed by atoms with Gasteiger partial charge in [0.2, 0.25) is 0 Å². The smallest absolute Gasteiger partial charge is 0.326 e. The van der Waals surface area contributed by atoms with Crippen LogP contribution in [-0.2, 0) is 18.9 Å². The van der Waals surface area contributed by atoms with Gasteiger partial charge < -0.3 is 5.73 Å². The maximum absolute atomic E-state index is 13.2. The van der Waals surface area contributed by atoms with Crippen molar-refractivity contribution in [3.8, 4) is 0 Å². The minimum Gasteiger partial charge on any atom is -0.326 e. The second-order valence-electron chi connectivity index (χ2n) is 3.16. The first kappa shape index (κ1) is 13.8. The third-order valence-corrected chi connectivity index (χ3v) is 2.04. The van der Waals surface area contributed by atoms with Crippen LogP contribution in [0, 0.1) is 5.82 Å². The fourth-order valence-electron chi connectivity index (χ4n) is 1.31. The maximum Gasteiger partial charge on any atom is 0.419 e. The lowest BCUT2D eigenvalue weighted by atomic mass is 10.0. The summed E-state index contributed by atoms with van der Waals surface area (Å²) < 4.78 is 87.1. The second kappa shape index (κ2) is 4.17. The molecule has 0 fully saturated rings. The van der Waals surface area contributed by atoms with E-state index < -0.39 is 41.4 Å². The number of benzene rings is 1. The fraction of sp³-hybridized carbons (Fsp3) is 0.333. The molecule has 0 atom stereocenters. The first-order valence-corrected chi connectivity index (χ1v) is 4.25. The number of rotatable bonds is 1. The average molecular weight is 261 g/mol. The van der Waals surface area contributed by atoms with Gasteiger partial charge in [-0.1, -0.05) is 6.07 Å². The highest BCUT2D eigenvalue weighted by atomic mass is 19.4. The zero-order chi connectivity index (χ0) is 13.4. The zero-order valence-electron chi connectivity index (χ0n) is 8.08. The monoisotopic (exact) mass is 261 g/mol. The zero-order valence-corrected chi connectivity index (χ0v) is 8.08. The topological polar surface area (TPSA) is 26.0 Å². The fourth-order valence-corrected chi connectivity index (χ4v) is 1.31. The Labute approximate surface area is 91.0 Å². The number of nitrogens with two attached hydrogens (primary N) is 1. The third-order valence-electron chi connectivity index (χ3n) is 2.04. The lowest BCUT2D eigenvalue weighted by Crippen LogP contribution is -2.19. The Balaban J connectivity index is 3.55. The van der Waals surface area contributed by atoms with Crippen molar-refractivity contribution >= 4 is 0 Å². The molecule has 0 aliphatic carbocycles. The first-order valence-electron chi connectivity index (χ1n) is 4.25. The van der Waals surface area contributed by atoms with Crippen LogP contribution < -0.4 is 5.73 Å². The van der Waals surface area contributed by atoms with E-state index in [4.69, 9.17) is 5.73 Å². The molecule has 1 aromatic carbocycles. The molecule has 0 saturated heterocycles. The summed E-state index contributed by atoms with van der Waals surface area (Å²) in [5.74, 6) is -2.34. The SMILES string of the molecule is NCc1ccc(C(F)(F)F)c(F)c1C(F)(F)F. The van der Waals surface area contributed by atoms with Crippen LogP contribution in [-0.4, -0.2) is 0 Å². The van der Waals surface area contributed by atoms with E-state index in [0.717, 1.165) is 0 Å². The van der Waals surface area contributed by atoms with Crippen LogP contribution in [0.4, 0.5) is 30.7 Å². The van der Waals surface area contributed by atoms with Crippen LogP contribution >= 0.6 is 0 Å². The molecule has 0 bridgehead atoms. The first-order chi connectivity index (χ1) is 7.59. The summed E-state index contributed by atoms with van der Waals surface area (Å²) in [6.07, 6.45) is -10.4. The van der Waals surface area contributed by atoms with Gasteiger partial charge in [-0.2, -0.15) is 26.3 Å². The number of alkyl halides is 6. The van der Waals surface area contributed by atoms with Crippen molar-refractivity contribution in [1.29, 1.82) is 0 Å². The summed E-state index contributed by atoms with van der Waals surface area (Å²) in [7, 11) is 0. The molecule has 0 amide bonds. The molecule has 0 saturated carbocycles. The van der Waals surface area contributed by atoms with Crippen molar-refractivity contribution in [3.63, 3.8) is 0 Å². The predicted octanol–water partition coefficient (Wildman–Crippen LogP) is 3.32. The van der Waals surface area contributed by atoms with E-state index in [1.54, 1.807) is 0 Å². The van der Waals surface area contributed by atoms with E-state index >= 15 is 0 Å². The van der Waals surface area contributed by atoms with Crippen molar-refractivity contribution in [2.45, 2.75) is 18.9 Å². The Bertz CT molecular complexity index is 419. The molecule has 1 rings (SSSR count). The van der Waals surface area contributed by atoms with Crippen molar-refractivity contribution in [2.24, 2.45) is 5.73 Å². The number of halogens is 7. The molecule has 96 valence electrons. The molecule has 1 nitrogen and oxygen atoms in total. The summed E-state index contributed by atoms with van der Waals surface area (Å²) in [5, 5.41) is 0. The van der Waals surface area contributed by atoms with Crippen molar-refractivity contribution in [3.05, 3.63) is 34.6 Å². The predicted molar refractivity (Wildman–Crippen MR) is 44.3 cm³/mol. The molecular formula is C9H6F7N. The Hall–Kier alpha value is -1.31. The highest BCUT2D eigenvalue weighted by Crippen LogP contribution is 2.39. The van der Waals surface area contributed by atoms with Gasteiger partial charge in [-0.3, -0.25) is 0 Å². The molecule has 0 spiro atoms. The molecule has 1 aromatic rings. The van der Waals surface area contributed by atoms with Crippen LogP contribution in [0.25, 0.3) is 0 Å². The van der Waals surface area contributed by atoms with E-state index in [9.17, 15) is 30.7 Å². The van der Waals surface area contributed by atoms with E-state index in [2.05, 4.69) is 0 Å². The van der Waals surface area contributed by atoms with Gasteiger partial charge in [0.1, 0.15) is 5.82 Å². The highest BCUT2D eigenvalue weighted by Gasteiger charge is 2.42. The van der Waals surface area contributed by atoms with Gasteiger partial charge in [0.15, 0.2) is 0 Å². The second-order valence-corrected chi connectivity index (χ2v) is 3.16. The summed E-state index contributed by atoms with van der Waals surface area (Å²) >= 11 is 0. The quantitative estimate of drug-likeness (QED) is 0.771. The van der Waals surface area contributed by atoms with Gasteiger partial charge >= 0.3 is 12.4 Å². The van der Waals surface area contributed by atoms with Crippen LogP contribution in [0.1, 0.15) is 16.7 Å². The normalized spacial score (nSPS) is 12.9. The van der Waals surface area contributed by atoms with E-state index in [0.29, 0.717) is 6.07 Å². The van der Waals surface area contributed by atoms with Crippen LogP contribution in [0.5, 0.6) is 0 Å². The van der Waals surface area contributed by atoms with Crippen molar-refractivity contribution in [2.75, 3.05) is 0 Å². The lowest BCUT2D eigenvalue weighted by molar-refractivity contribution is -0.148. The Morgan fingerprint density at radius 1 is 0.941 bits per heavy atom. The van der Waals surface area contributed by atoms with Crippen molar-refractivity contribution < 1.29 is 30.7 Å². The van der Waals surface area contributed by atoms with Gasteiger partial charge in [0.25, 0.3) is 0 Å². The Morgan fingerprint density at radius 3 is 1.82 bits per heavy atom. The van der Waals surface area contributed by atoms with Gasteiger partial charge in [0.05, 0.1) is 11.1 Å². The largest absolute Gasteiger partial charge is 0.419 e. The van der Waals surface area contributed by atoms with E-state index in [1.165, 1.54) is 0 Å². The molecule has 0 heterocycles. The standard InChI is InChI=1S/C9H6F7N/c10-7-5(8(11,12)13)2-1-4(3-17)6(7)9(14,15)16/h1-2H,3,17H2. The van der Waals surface area contributed by atoms with Crippen LogP contribution in [0.15, 0.2) is 12.1 Å². The lowest BCUT2D eigenvalue weighted by Gasteiger charge is -2.16. The molecule has 8 heteroatoms. The van der Waals surface area contributed by atoms with Gasteiger partial charge in [-0.25, -0.2) is 4.39 Å². The minimum atomic E-state index is -5.22. The molecular weight excluding hydrogens is 255 g/mol. The van der Waals surface area contributed by atoms with Crippen molar-refractivity contribution in [1.82, 2.24) is 0 Å². The molecule has 0 aliphatic rings. The Morgan fingerprint density at radius 2 is 1.47 bits per heavy atom. The van der Waals surface area contributed by atoms with Gasteiger partial charge in [0, 0.05) is 6.54 Å². The van der Waals surface area contributed by atoms with E-state index in [1.807, 2.05) is 0 Å². The average Bonchev–Trinajstić information content (AvgIpc) is 2.12. The van der Waals surface area contributed by atoms with E-state index in [-0.39, 0.29) is 6.07 Å². The highest BCUT2D eigenvalue weighted by molar-refractivity contribution is 5.37. The summed E-state index contributed by atoms with van der Waals surface area (Å²) in [6.45, 7) is -0.704. The van der Waals surface area contributed by atoms with Gasteiger partial charge in [-0.05, 0) is 11.6 Å². The minimum absolute atomic E-state index is 0.243. The third kappa shape index (κ3) is 2.68.